The number of esters is 1. The van der Waals surface area contributed by atoms with Gasteiger partial charge in [0.25, 0.3) is 0 Å². The quantitative estimate of drug-likeness (QED) is 0.404. The Morgan fingerprint density at radius 2 is 1.97 bits per heavy atom. The zero-order valence-electron chi connectivity index (χ0n) is 19.2. The number of halogens is 1. The molecule has 2 aromatic rings. The molecule has 1 saturated heterocycles. The van der Waals surface area contributed by atoms with Gasteiger partial charge in [-0.15, -0.1) is 0 Å². The third kappa shape index (κ3) is 5.79. The summed E-state index contributed by atoms with van der Waals surface area (Å²) >= 11 is 6.26. The lowest BCUT2D eigenvalue weighted by Gasteiger charge is -2.42. The van der Waals surface area contributed by atoms with Crippen molar-refractivity contribution in [2.24, 2.45) is 5.92 Å². The Bertz CT molecular complexity index is 1080. The van der Waals surface area contributed by atoms with Crippen LogP contribution in [0.15, 0.2) is 55.3 Å². The molecule has 1 heterocycles. The first-order valence-electron chi connectivity index (χ1n) is 10.6. The van der Waals surface area contributed by atoms with Crippen molar-refractivity contribution in [1.29, 1.82) is 0 Å². The van der Waals surface area contributed by atoms with Gasteiger partial charge in [0, 0.05) is 12.2 Å². The van der Waals surface area contributed by atoms with Crippen molar-refractivity contribution in [2.45, 2.75) is 26.7 Å². The Morgan fingerprint density at radius 1 is 1.26 bits per heavy atom. The van der Waals surface area contributed by atoms with Crippen LogP contribution < -0.4 is 15.4 Å². The Balaban J connectivity index is 1.87. The molecule has 0 aliphatic carbocycles. The molecule has 1 fully saturated rings. The molecule has 10 heteroatoms. The summed E-state index contributed by atoms with van der Waals surface area (Å²) in [5.41, 5.74) is 2.52. The van der Waals surface area contributed by atoms with E-state index in [1.54, 1.807) is 25.1 Å². The number of amides is 4. The molecule has 1 aliphatic rings. The highest BCUT2D eigenvalue weighted by atomic mass is 35.5. The van der Waals surface area contributed by atoms with Crippen LogP contribution >= 0.6 is 11.6 Å². The van der Waals surface area contributed by atoms with Gasteiger partial charge in [0.2, 0.25) is 0 Å². The molecule has 0 aromatic heterocycles. The van der Waals surface area contributed by atoms with Crippen LogP contribution in [0.1, 0.15) is 18.1 Å². The zero-order valence-corrected chi connectivity index (χ0v) is 20.0. The second-order valence-electron chi connectivity index (χ2n) is 7.86. The molecule has 0 spiro atoms. The highest BCUT2D eigenvalue weighted by molar-refractivity contribution is 6.32. The van der Waals surface area contributed by atoms with E-state index in [1.807, 2.05) is 31.2 Å². The number of hydrogen-bond donors (Lipinski definition) is 2. The van der Waals surface area contributed by atoms with E-state index in [0.717, 1.165) is 16.0 Å². The van der Waals surface area contributed by atoms with Crippen LogP contribution in [0.3, 0.4) is 0 Å². The van der Waals surface area contributed by atoms with Crippen LogP contribution in [0.4, 0.5) is 15.3 Å². The number of hydrogen-bond acceptors (Lipinski definition) is 6. The van der Waals surface area contributed by atoms with Crippen LogP contribution in [0.5, 0.6) is 5.75 Å². The van der Waals surface area contributed by atoms with E-state index >= 15 is 0 Å². The van der Waals surface area contributed by atoms with Crippen molar-refractivity contribution in [3.05, 3.63) is 71.5 Å². The summed E-state index contributed by atoms with van der Waals surface area (Å²) in [6.45, 7) is 7.17. The van der Waals surface area contributed by atoms with Gasteiger partial charge < -0.3 is 14.8 Å². The van der Waals surface area contributed by atoms with Crippen LogP contribution in [0.25, 0.3) is 0 Å². The summed E-state index contributed by atoms with van der Waals surface area (Å²) in [6, 6.07) is 11.5. The summed E-state index contributed by atoms with van der Waals surface area (Å²) < 4.78 is 9.96. The predicted molar refractivity (Wildman–Crippen MR) is 128 cm³/mol. The number of benzene rings is 2. The summed E-state index contributed by atoms with van der Waals surface area (Å²) in [7, 11) is 1.26. The number of carbonyl (C=O) groups excluding carboxylic acids is 3. The van der Waals surface area contributed by atoms with Gasteiger partial charge in [0.1, 0.15) is 5.75 Å². The number of rotatable bonds is 9. The second kappa shape index (κ2) is 10.9. The van der Waals surface area contributed by atoms with Crippen molar-refractivity contribution in [1.82, 2.24) is 15.1 Å². The molecular weight excluding hydrogens is 460 g/mol. The molecule has 2 N–H and O–H groups in total. The van der Waals surface area contributed by atoms with Crippen molar-refractivity contribution >= 4 is 35.3 Å². The first-order chi connectivity index (χ1) is 16.2. The van der Waals surface area contributed by atoms with Crippen molar-refractivity contribution in [3.8, 4) is 5.75 Å². The fourth-order valence-electron chi connectivity index (χ4n) is 3.43. The lowest BCUT2D eigenvalue weighted by atomic mass is 10.1. The second-order valence-corrected chi connectivity index (χ2v) is 8.26. The monoisotopic (exact) mass is 486 g/mol. The number of carbonyl (C=O) groups is 3. The van der Waals surface area contributed by atoms with E-state index in [2.05, 4.69) is 17.2 Å². The number of aryl methyl sites for hydroxylation is 1. The van der Waals surface area contributed by atoms with E-state index in [1.165, 1.54) is 18.3 Å². The summed E-state index contributed by atoms with van der Waals surface area (Å²) in [4.78, 5) is 40.6. The number of nitrogens with zero attached hydrogens (tertiary/aromatic N) is 2. The van der Waals surface area contributed by atoms with Crippen LogP contribution in [-0.2, 0) is 16.1 Å². The molecule has 1 aliphatic heterocycles. The minimum atomic E-state index is -0.867. The Kier molecular flexibility index (Phi) is 8.01. The van der Waals surface area contributed by atoms with E-state index in [4.69, 9.17) is 21.1 Å². The minimum Gasteiger partial charge on any atom is -0.469 e. The summed E-state index contributed by atoms with van der Waals surface area (Å²) in [5.74, 6) is -0.769. The molecule has 9 nitrogen and oxygen atoms in total. The number of nitrogens with one attached hydrogen (secondary N) is 2. The maximum Gasteiger partial charge on any atom is 0.331 e. The van der Waals surface area contributed by atoms with Gasteiger partial charge in [-0.2, -0.15) is 0 Å². The molecule has 2 atom stereocenters. The summed E-state index contributed by atoms with van der Waals surface area (Å²) in [6.07, 6.45) is 0.398. The molecule has 4 amide bonds. The Morgan fingerprint density at radius 3 is 2.59 bits per heavy atom. The van der Waals surface area contributed by atoms with Crippen molar-refractivity contribution in [2.75, 3.05) is 19.0 Å². The number of methoxy groups -OCH3 is 1. The normalized spacial score (nSPS) is 16.5. The van der Waals surface area contributed by atoms with Crippen molar-refractivity contribution < 1.29 is 23.9 Å². The molecular formula is C24H27ClN4O5. The minimum absolute atomic E-state index is 0.117. The van der Waals surface area contributed by atoms with Gasteiger partial charge in [-0.1, -0.05) is 54.9 Å². The molecule has 2 aromatic carbocycles. The van der Waals surface area contributed by atoms with E-state index < -0.39 is 30.2 Å². The van der Waals surface area contributed by atoms with Crippen molar-refractivity contribution in [3.63, 3.8) is 0 Å². The molecule has 0 saturated carbocycles. The SMILES string of the molecule is C=COc1ccc(NC2NC(=O)N(CC(C)C(=O)OC)C(=O)N2Cc2ccc(C)cc2)cc1Cl. The largest absolute Gasteiger partial charge is 0.469 e. The smallest absolute Gasteiger partial charge is 0.331 e. The van der Waals surface area contributed by atoms with E-state index in [9.17, 15) is 14.4 Å². The van der Waals surface area contributed by atoms with E-state index in [-0.39, 0.29) is 13.1 Å². The van der Waals surface area contributed by atoms with Gasteiger partial charge in [0.05, 0.1) is 30.9 Å². The zero-order chi connectivity index (χ0) is 24.8. The average Bonchev–Trinajstić information content (AvgIpc) is 2.81. The number of ether oxygens (including phenoxy) is 2. The van der Waals surface area contributed by atoms with E-state index in [0.29, 0.717) is 16.5 Å². The summed E-state index contributed by atoms with van der Waals surface area (Å²) in [5, 5.41) is 6.25. The standard InChI is InChI=1S/C24H27ClN4O5/c1-5-34-20-11-10-18(12-19(20)25)26-22-27-23(31)29(13-16(3)21(30)33-4)24(32)28(22)14-17-8-6-15(2)7-9-17/h5-12,16,22,26H,1,13-14H2,2-4H3,(H,27,31). The highest BCUT2D eigenvalue weighted by Gasteiger charge is 2.39. The number of urea groups is 2. The van der Waals surface area contributed by atoms with Crippen LogP contribution in [0, 0.1) is 12.8 Å². The molecule has 0 radical (unpaired) electrons. The van der Waals surface area contributed by atoms with Gasteiger partial charge >= 0.3 is 18.0 Å². The molecule has 34 heavy (non-hydrogen) atoms. The maximum absolute atomic E-state index is 13.4. The lowest BCUT2D eigenvalue weighted by molar-refractivity contribution is -0.145. The highest BCUT2D eigenvalue weighted by Crippen LogP contribution is 2.29. The van der Waals surface area contributed by atoms with Gasteiger partial charge in [0.15, 0.2) is 6.29 Å². The Hall–Kier alpha value is -3.72. The van der Waals surface area contributed by atoms with Crippen LogP contribution in [0.2, 0.25) is 5.02 Å². The predicted octanol–water partition coefficient (Wildman–Crippen LogP) is 4.32. The third-order valence-electron chi connectivity index (χ3n) is 5.27. The third-order valence-corrected chi connectivity index (χ3v) is 5.57. The van der Waals surface area contributed by atoms with Gasteiger partial charge in [-0.05, 0) is 30.7 Å². The molecule has 0 bridgehead atoms. The fraction of sp³-hybridized carbons (Fsp3) is 0.292. The topological polar surface area (TPSA) is 100 Å². The molecule has 180 valence electrons. The van der Waals surface area contributed by atoms with Gasteiger partial charge in [-0.25, -0.2) is 14.5 Å². The first kappa shape index (κ1) is 24.9. The number of imide groups is 1. The lowest BCUT2D eigenvalue weighted by Crippen LogP contribution is -2.67. The van der Waals surface area contributed by atoms with Gasteiger partial charge in [-0.3, -0.25) is 15.0 Å². The molecule has 3 rings (SSSR count). The van der Waals surface area contributed by atoms with Crippen LogP contribution in [-0.4, -0.2) is 47.8 Å². The first-order valence-corrected chi connectivity index (χ1v) is 11.0. The Labute approximate surface area is 203 Å². The number of anilines is 1. The molecule has 2 unspecified atom stereocenters. The fourth-order valence-corrected chi connectivity index (χ4v) is 3.66. The maximum atomic E-state index is 13.4. The average molecular weight is 487 g/mol.